The maximum Gasteiger partial charge on any atom is 0.309 e. The van der Waals surface area contributed by atoms with Crippen LogP contribution in [0.4, 0.5) is 0 Å². The molecule has 1 atom stereocenters. The quantitative estimate of drug-likeness (QED) is 0.577. The van der Waals surface area contributed by atoms with Gasteiger partial charge in [-0.25, -0.2) is 0 Å². The average molecular weight is 399 g/mol. The van der Waals surface area contributed by atoms with E-state index < -0.39 is 11.8 Å². The van der Waals surface area contributed by atoms with E-state index in [1.54, 1.807) is 17.0 Å². The smallest absolute Gasteiger partial charge is 0.309 e. The molecule has 3 rings (SSSR count). The molecule has 29 heavy (non-hydrogen) atoms. The van der Waals surface area contributed by atoms with Crippen LogP contribution in [-0.2, 0) is 9.59 Å². The number of hydrogen-bond donors (Lipinski definition) is 3. The zero-order valence-corrected chi connectivity index (χ0v) is 16.5. The molecular weight excluding hydrogens is 372 g/mol. The van der Waals surface area contributed by atoms with Crippen molar-refractivity contribution in [1.82, 2.24) is 15.5 Å². The lowest BCUT2D eigenvalue weighted by Crippen LogP contribution is -3.15. The van der Waals surface area contributed by atoms with Gasteiger partial charge in [0.15, 0.2) is 5.76 Å². The second kappa shape index (κ2) is 9.88. The second-order valence-corrected chi connectivity index (χ2v) is 7.13. The van der Waals surface area contributed by atoms with Gasteiger partial charge in [-0.05, 0) is 24.6 Å². The Kier molecular flexibility index (Phi) is 7.02. The summed E-state index contributed by atoms with van der Waals surface area (Å²) < 4.78 is 5.16. The molecule has 0 unspecified atom stereocenters. The Morgan fingerprint density at radius 2 is 1.79 bits per heavy atom. The van der Waals surface area contributed by atoms with E-state index in [-0.39, 0.29) is 11.9 Å². The molecule has 2 aromatic rings. The van der Waals surface area contributed by atoms with E-state index in [2.05, 4.69) is 10.6 Å². The van der Waals surface area contributed by atoms with Crippen LogP contribution in [0.15, 0.2) is 53.1 Å². The number of hydrogen-bond acceptors (Lipinski definition) is 4. The van der Waals surface area contributed by atoms with Crippen LogP contribution in [0.25, 0.3) is 0 Å². The molecule has 0 radical (unpaired) electrons. The van der Waals surface area contributed by atoms with E-state index in [9.17, 15) is 14.4 Å². The lowest BCUT2D eigenvalue weighted by molar-refractivity contribution is -0.902. The summed E-state index contributed by atoms with van der Waals surface area (Å²) in [5.74, 6) is -0.993. The van der Waals surface area contributed by atoms with Crippen molar-refractivity contribution in [1.29, 1.82) is 0 Å². The first-order chi connectivity index (χ1) is 14.0. The molecule has 1 aromatic carbocycles. The Morgan fingerprint density at radius 3 is 2.45 bits per heavy atom. The Balaban J connectivity index is 1.34. The third kappa shape index (κ3) is 5.68. The molecule has 1 aliphatic heterocycles. The van der Waals surface area contributed by atoms with Gasteiger partial charge in [-0.1, -0.05) is 30.3 Å². The van der Waals surface area contributed by atoms with Gasteiger partial charge in [0.1, 0.15) is 0 Å². The lowest BCUT2D eigenvalue weighted by Gasteiger charge is -2.31. The van der Waals surface area contributed by atoms with Gasteiger partial charge in [0.05, 0.1) is 51.6 Å². The number of carbonyl (C=O) groups is 3. The Morgan fingerprint density at radius 1 is 1.07 bits per heavy atom. The highest BCUT2D eigenvalue weighted by atomic mass is 16.3. The maximum absolute atomic E-state index is 12.3. The van der Waals surface area contributed by atoms with E-state index in [1.807, 2.05) is 37.3 Å². The molecule has 1 fully saturated rings. The summed E-state index contributed by atoms with van der Waals surface area (Å²) in [6, 6.07) is 12.6. The summed E-state index contributed by atoms with van der Waals surface area (Å²) in [6.45, 7) is 5.81. The fourth-order valence-electron chi connectivity index (χ4n) is 3.35. The first-order valence-electron chi connectivity index (χ1n) is 9.84. The lowest BCUT2D eigenvalue weighted by atomic mass is 10.1. The molecule has 1 aliphatic rings. The van der Waals surface area contributed by atoms with E-state index >= 15 is 0 Å². The zero-order chi connectivity index (χ0) is 20.6. The highest BCUT2D eigenvalue weighted by Gasteiger charge is 2.26. The van der Waals surface area contributed by atoms with Crippen LogP contribution in [0.1, 0.15) is 29.1 Å². The van der Waals surface area contributed by atoms with Crippen molar-refractivity contribution in [3.8, 4) is 0 Å². The number of amides is 3. The van der Waals surface area contributed by atoms with Crippen molar-refractivity contribution >= 4 is 17.7 Å². The molecule has 2 heterocycles. The fraction of sp³-hybridized carbons (Fsp3) is 0.381. The van der Waals surface area contributed by atoms with Gasteiger partial charge < -0.3 is 24.9 Å². The van der Waals surface area contributed by atoms with Crippen molar-refractivity contribution < 1.29 is 23.7 Å². The molecule has 3 N–H and O–H groups in total. The van der Waals surface area contributed by atoms with E-state index in [1.165, 1.54) is 11.2 Å². The Hall–Kier alpha value is -3.13. The SMILES string of the molecule is C[C@H](NC(=O)C(=O)NCC[NH+]1CCN(C(=O)c2ccco2)CC1)c1ccccc1. The molecule has 0 bridgehead atoms. The van der Waals surface area contributed by atoms with Gasteiger partial charge in [0, 0.05) is 0 Å². The molecule has 0 saturated carbocycles. The van der Waals surface area contributed by atoms with Crippen molar-refractivity contribution in [2.24, 2.45) is 0 Å². The molecule has 154 valence electrons. The van der Waals surface area contributed by atoms with Gasteiger partial charge in [0.25, 0.3) is 5.91 Å². The number of rotatable bonds is 6. The molecule has 1 saturated heterocycles. The van der Waals surface area contributed by atoms with Crippen molar-refractivity contribution in [2.75, 3.05) is 39.3 Å². The van der Waals surface area contributed by atoms with Crippen molar-refractivity contribution in [3.05, 3.63) is 60.1 Å². The van der Waals surface area contributed by atoms with Crippen molar-refractivity contribution in [2.45, 2.75) is 13.0 Å². The van der Waals surface area contributed by atoms with E-state index in [0.717, 1.165) is 18.7 Å². The second-order valence-electron chi connectivity index (χ2n) is 7.13. The minimum Gasteiger partial charge on any atom is -0.459 e. The van der Waals surface area contributed by atoms with E-state index in [0.29, 0.717) is 31.9 Å². The molecule has 1 aromatic heterocycles. The number of quaternary nitrogens is 1. The molecule has 0 aliphatic carbocycles. The van der Waals surface area contributed by atoms with Crippen LogP contribution in [0.3, 0.4) is 0 Å². The van der Waals surface area contributed by atoms with Crippen LogP contribution < -0.4 is 15.5 Å². The van der Waals surface area contributed by atoms with E-state index in [4.69, 9.17) is 4.42 Å². The summed E-state index contributed by atoms with van der Waals surface area (Å²) in [5.41, 5.74) is 0.945. The van der Waals surface area contributed by atoms with Crippen LogP contribution in [-0.4, -0.2) is 61.9 Å². The van der Waals surface area contributed by atoms with Crippen LogP contribution in [0.5, 0.6) is 0 Å². The zero-order valence-electron chi connectivity index (χ0n) is 16.5. The summed E-state index contributed by atoms with van der Waals surface area (Å²) in [7, 11) is 0. The number of nitrogens with zero attached hydrogens (tertiary/aromatic N) is 1. The highest BCUT2D eigenvalue weighted by Crippen LogP contribution is 2.10. The Labute approximate surface area is 169 Å². The first-order valence-corrected chi connectivity index (χ1v) is 9.84. The highest BCUT2D eigenvalue weighted by molar-refractivity contribution is 6.35. The number of benzene rings is 1. The Bertz CT molecular complexity index is 814. The van der Waals surface area contributed by atoms with Crippen LogP contribution in [0.2, 0.25) is 0 Å². The molecule has 3 amide bonds. The molecule has 8 heteroatoms. The maximum atomic E-state index is 12.3. The minimum atomic E-state index is -0.634. The summed E-state index contributed by atoms with van der Waals surface area (Å²) in [6.07, 6.45) is 1.49. The number of piperazine rings is 1. The predicted molar refractivity (Wildman–Crippen MR) is 106 cm³/mol. The molecule has 0 spiro atoms. The van der Waals surface area contributed by atoms with Gasteiger partial charge >= 0.3 is 11.8 Å². The number of furan rings is 1. The summed E-state index contributed by atoms with van der Waals surface area (Å²) >= 11 is 0. The standard InChI is InChI=1S/C21H26N4O4/c1-16(17-6-3-2-4-7-17)23-20(27)19(26)22-9-10-24-11-13-25(14-12-24)21(28)18-8-5-15-29-18/h2-8,15-16H,9-14H2,1H3,(H,22,26)(H,23,27)/p+1/t16-/m0/s1. The van der Waals surface area contributed by atoms with Crippen LogP contribution >= 0.6 is 0 Å². The van der Waals surface area contributed by atoms with Gasteiger partial charge in [-0.2, -0.15) is 0 Å². The third-order valence-corrected chi connectivity index (χ3v) is 5.11. The summed E-state index contributed by atoms with van der Waals surface area (Å²) in [5, 5.41) is 5.38. The van der Waals surface area contributed by atoms with Crippen molar-refractivity contribution in [3.63, 3.8) is 0 Å². The normalized spacial score (nSPS) is 15.6. The monoisotopic (exact) mass is 399 g/mol. The largest absolute Gasteiger partial charge is 0.459 e. The predicted octanol–water partition coefficient (Wildman–Crippen LogP) is -0.386. The average Bonchev–Trinajstić information content (AvgIpc) is 3.29. The van der Waals surface area contributed by atoms with Gasteiger partial charge in [-0.15, -0.1) is 0 Å². The first kappa shape index (κ1) is 20.6. The third-order valence-electron chi connectivity index (χ3n) is 5.11. The number of nitrogens with one attached hydrogen (secondary N) is 3. The number of carbonyl (C=O) groups excluding carboxylic acids is 3. The van der Waals surface area contributed by atoms with Gasteiger partial charge in [0.2, 0.25) is 0 Å². The fourth-order valence-corrected chi connectivity index (χ4v) is 3.35. The van der Waals surface area contributed by atoms with Gasteiger partial charge in [-0.3, -0.25) is 14.4 Å². The minimum absolute atomic E-state index is 0.0911. The van der Waals surface area contributed by atoms with Crippen LogP contribution in [0, 0.1) is 0 Å². The summed E-state index contributed by atoms with van der Waals surface area (Å²) in [4.78, 5) is 39.4. The topological polar surface area (TPSA) is 96.1 Å². The molecular formula is C21H27N4O4+. The molecule has 8 nitrogen and oxygen atoms in total.